The van der Waals surface area contributed by atoms with Gasteiger partial charge in [0.1, 0.15) is 0 Å². The molecule has 0 aromatic carbocycles. The summed E-state index contributed by atoms with van der Waals surface area (Å²) in [6.07, 6.45) is 1.02. The van der Waals surface area contributed by atoms with Crippen LogP contribution in [0.15, 0.2) is 0 Å². The molecule has 1 atom stereocenters. The molecule has 0 bridgehead atoms. The Morgan fingerprint density at radius 1 is 1.88 bits per heavy atom. The van der Waals surface area contributed by atoms with Crippen LogP contribution in [0.3, 0.4) is 0 Å². The fraction of sp³-hybridized carbons (Fsp3) is 0.800. The standard InChI is InChI=1S/C5H10OS2/c1-3-4(2)8-5(6)7/h4H,3H2,1-2H3,(H,6,7). The topological polar surface area (TPSA) is 17.1 Å². The van der Waals surface area contributed by atoms with Gasteiger partial charge in [0.2, 0.25) is 4.45 Å². The van der Waals surface area contributed by atoms with E-state index in [-0.39, 0.29) is 4.45 Å². The second-order valence-electron chi connectivity index (χ2n) is 1.60. The van der Waals surface area contributed by atoms with Crippen LogP contribution in [0.4, 0.5) is 4.79 Å². The van der Waals surface area contributed by atoms with E-state index in [2.05, 4.69) is 12.6 Å². The van der Waals surface area contributed by atoms with Crippen molar-refractivity contribution in [1.29, 1.82) is 0 Å². The smallest absolute Gasteiger partial charge is 0.243 e. The van der Waals surface area contributed by atoms with Gasteiger partial charge in [-0.2, -0.15) is 0 Å². The van der Waals surface area contributed by atoms with Crippen LogP contribution in [0.1, 0.15) is 20.3 Å². The largest absolute Gasteiger partial charge is 0.275 e. The van der Waals surface area contributed by atoms with Crippen molar-refractivity contribution in [3.63, 3.8) is 0 Å². The minimum absolute atomic E-state index is 0.0839. The van der Waals surface area contributed by atoms with Gasteiger partial charge in [-0.15, -0.1) is 0 Å². The van der Waals surface area contributed by atoms with E-state index in [0.717, 1.165) is 6.42 Å². The monoisotopic (exact) mass is 150 g/mol. The Balaban J connectivity index is 3.24. The van der Waals surface area contributed by atoms with Crippen LogP contribution in [0.5, 0.6) is 0 Å². The molecule has 0 radical (unpaired) electrons. The Morgan fingerprint density at radius 3 is 2.50 bits per heavy atom. The lowest BCUT2D eigenvalue weighted by Crippen LogP contribution is -1.93. The highest BCUT2D eigenvalue weighted by Crippen LogP contribution is 2.16. The van der Waals surface area contributed by atoms with Gasteiger partial charge in [0.15, 0.2) is 0 Å². The number of carbonyl (C=O) groups excluding carboxylic acids is 1. The van der Waals surface area contributed by atoms with Gasteiger partial charge in [0, 0.05) is 5.25 Å². The first-order valence-corrected chi connectivity index (χ1v) is 3.89. The third kappa shape index (κ3) is 4.53. The molecular formula is C5H10OS2. The quantitative estimate of drug-likeness (QED) is 0.609. The summed E-state index contributed by atoms with van der Waals surface area (Å²) in [6, 6.07) is 0. The van der Waals surface area contributed by atoms with Crippen LogP contribution < -0.4 is 0 Å². The summed E-state index contributed by atoms with van der Waals surface area (Å²) >= 11 is 4.90. The van der Waals surface area contributed by atoms with Gasteiger partial charge in [-0.3, -0.25) is 4.79 Å². The van der Waals surface area contributed by atoms with Crippen molar-refractivity contribution in [3.8, 4) is 0 Å². The van der Waals surface area contributed by atoms with Crippen molar-refractivity contribution in [2.45, 2.75) is 25.5 Å². The fourth-order valence-corrected chi connectivity index (χ4v) is 1.31. The summed E-state index contributed by atoms with van der Waals surface area (Å²) in [5.41, 5.74) is 0. The molecule has 0 rings (SSSR count). The average Bonchev–Trinajstić information content (AvgIpc) is 1.65. The van der Waals surface area contributed by atoms with Crippen molar-refractivity contribution in [2.24, 2.45) is 0 Å². The molecule has 0 heterocycles. The predicted octanol–water partition coefficient (Wildman–Crippen LogP) is 2.57. The first-order valence-electron chi connectivity index (χ1n) is 2.56. The van der Waals surface area contributed by atoms with Crippen molar-refractivity contribution in [1.82, 2.24) is 0 Å². The Morgan fingerprint density at radius 2 is 2.38 bits per heavy atom. The zero-order valence-electron chi connectivity index (χ0n) is 5.05. The number of hydrogen-bond donors (Lipinski definition) is 1. The lowest BCUT2D eigenvalue weighted by molar-refractivity contribution is 0.277. The zero-order valence-corrected chi connectivity index (χ0v) is 6.76. The van der Waals surface area contributed by atoms with E-state index in [0.29, 0.717) is 5.25 Å². The third-order valence-electron chi connectivity index (χ3n) is 0.877. The summed E-state index contributed by atoms with van der Waals surface area (Å²) in [5.74, 6) is 0. The number of carbonyl (C=O) groups is 1. The van der Waals surface area contributed by atoms with Crippen LogP contribution in [0.25, 0.3) is 0 Å². The Bertz CT molecular complexity index is 82.5. The van der Waals surface area contributed by atoms with Gasteiger partial charge in [-0.05, 0) is 6.42 Å². The van der Waals surface area contributed by atoms with E-state index in [1.165, 1.54) is 11.8 Å². The summed E-state index contributed by atoms with van der Waals surface area (Å²) in [6.45, 7) is 4.06. The Hall–Kier alpha value is 0.370. The van der Waals surface area contributed by atoms with E-state index in [4.69, 9.17) is 0 Å². The number of hydrogen-bond acceptors (Lipinski definition) is 2. The molecule has 0 aliphatic heterocycles. The van der Waals surface area contributed by atoms with Crippen molar-refractivity contribution in [2.75, 3.05) is 0 Å². The number of thioether (sulfide) groups is 1. The van der Waals surface area contributed by atoms with Crippen molar-refractivity contribution < 1.29 is 4.79 Å². The molecule has 0 amide bonds. The van der Waals surface area contributed by atoms with Gasteiger partial charge >= 0.3 is 0 Å². The molecule has 0 aliphatic rings. The van der Waals surface area contributed by atoms with Gasteiger partial charge in [0.25, 0.3) is 0 Å². The van der Waals surface area contributed by atoms with Gasteiger partial charge in [0.05, 0.1) is 0 Å². The highest BCUT2D eigenvalue weighted by Gasteiger charge is 2.01. The maximum atomic E-state index is 10.2. The van der Waals surface area contributed by atoms with Crippen molar-refractivity contribution >= 4 is 28.8 Å². The molecule has 0 N–H and O–H groups in total. The van der Waals surface area contributed by atoms with E-state index in [1.54, 1.807) is 0 Å². The Kier molecular flexibility index (Phi) is 4.47. The second-order valence-corrected chi connectivity index (χ2v) is 3.72. The lowest BCUT2D eigenvalue weighted by Gasteiger charge is -2.00. The summed E-state index contributed by atoms with van der Waals surface area (Å²) < 4.78 is -0.0839. The highest BCUT2D eigenvalue weighted by atomic mass is 32.2. The second kappa shape index (κ2) is 4.27. The minimum atomic E-state index is -0.0839. The molecule has 0 aromatic rings. The van der Waals surface area contributed by atoms with Crippen LogP contribution in [-0.2, 0) is 0 Å². The molecule has 0 fully saturated rings. The molecule has 8 heavy (non-hydrogen) atoms. The van der Waals surface area contributed by atoms with E-state index in [1.807, 2.05) is 13.8 Å². The highest BCUT2D eigenvalue weighted by molar-refractivity contribution is 8.32. The van der Waals surface area contributed by atoms with Crippen molar-refractivity contribution in [3.05, 3.63) is 0 Å². The van der Waals surface area contributed by atoms with Gasteiger partial charge < -0.3 is 0 Å². The molecule has 0 saturated carbocycles. The molecule has 0 saturated heterocycles. The molecule has 1 unspecified atom stereocenters. The molecule has 1 nitrogen and oxygen atoms in total. The zero-order chi connectivity index (χ0) is 6.57. The van der Waals surface area contributed by atoms with Crippen LogP contribution in [-0.4, -0.2) is 9.70 Å². The summed E-state index contributed by atoms with van der Waals surface area (Å²) in [5, 5.41) is 0.417. The first kappa shape index (κ1) is 8.37. The third-order valence-corrected chi connectivity index (χ3v) is 2.13. The predicted molar refractivity (Wildman–Crippen MR) is 41.7 cm³/mol. The number of rotatable bonds is 2. The molecule has 0 aliphatic carbocycles. The molecule has 0 aromatic heterocycles. The lowest BCUT2D eigenvalue weighted by atomic mass is 10.4. The SMILES string of the molecule is CCC(C)SC(=O)S. The van der Waals surface area contributed by atoms with E-state index < -0.39 is 0 Å². The average molecular weight is 150 g/mol. The molecule has 3 heteroatoms. The van der Waals surface area contributed by atoms with E-state index in [9.17, 15) is 4.79 Å². The van der Waals surface area contributed by atoms with E-state index >= 15 is 0 Å². The summed E-state index contributed by atoms with van der Waals surface area (Å²) in [4.78, 5) is 10.2. The number of thiol groups is 1. The van der Waals surface area contributed by atoms with Crippen LogP contribution in [0.2, 0.25) is 0 Å². The normalized spacial score (nSPS) is 13.4. The fourth-order valence-electron chi connectivity index (χ4n) is 0.255. The maximum absolute atomic E-state index is 10.2. The van der Waals surface area contributed by atoms with Gasteiger partial charge in [-0.1, -0.05) is 38.2 Å². The summed E-state index contributed by atoms with van der Waals surface area (Å²) in [7, 11) is 0. The molecular weight excluding hydrogens is 140 g/mol. The van der Waals surface area contributed by atoms with Gasteiger partial charge in [-0.25, -0.2) is 0 Å². The van der Waals surface area contributed by atoms with Crippen LogP contribution in [0, 0.1) is 0 Å². The Labute approximate surface area is 59.6 Å². The molecule has 0 spiro atoms. The molecule has 48 valence electrons. The maximum Gasteiger partial charge on any atom is 0.243 e. The van der Waals surface area contributed by atoms with Crippen LogP contribution >= 0.6 is 24.4 Å². The first-order chi connectivity index (χ1) is 3.66. The minimum Gasteiger partial charge on any atom is -0.275 e.